The molecule has 0 spiro atoms. The van der Waals surface area contributed by atoms with Crippen LogP contribution < -0.4 is 5.32 Å². The molecule has 2 rings (SSSR count). The van der Waals surface area contributed by atoms with Crippen LogP contribution in [0.4, 0.5) is 0 Å². The molecule has 0 heterocycles. The van der Waals surface area contributed by atoms with Crippen LogP contribution in [0.2, 0.25) is 0 Å². The predicted octanol–water partition coefficient (Wildman–Crippen LogP) is 3.30. The number of amides is 1. The smallest absolute Gasteiger partial charge is 0.251 e. The van der Waals surface area contributed by atoms with Gasteiger partial charge in [0.2, 0.25) is 0 Å². The number of hydrogen-bond acceptors (Lipinski definition) is 2. The van der Waals surface area contributed by atoms with Gasteiger partial charge in [0.25, 0.3) is 5.91 Å². The Morgan fingerprint density at radius 1 is 1.05 bits per heavy atom. The van der Waals surface area contributed by atoms with E-state index >= 15 is 0 Å². The molecule has 3 nitrogen and oxygen atoms in total. The largest absolute Gasteiger partial charge is 0.348 e. The first kappa shape index (κ1) is 16.2. The third-order valence-corrected chi connectivity index (χ3v) is 3.67. The molecule has 1 amide bonds. The van der Waals surface area contributed by atoms with E-state index in [0.717, 1.165) is 23.2 Å². The van der Waals surface area contributed by atoms with Gasteiger partial charge in [-0.15, -0.1) is 0 Å². The Labute approximate surface area is 133 Å². The van der Waals surface area contributed by atoms with Gasteiger partial charge in [0.05, 0.1) is 0 Å². The fraction of sp³-hybridized carbons (Fsp3) is 0.316. The lowest BCUT2D eigenvalue weighted by Gasteiger charge is -2.15. The quantitative estimate of drug-likeness (QED) is 0.918. The first-order valence-electron chi connectivity index (χ1n) is 7.54. The Bertz CT molecular complexity index is 662. The van der Waals surface area contributed by atoms with E-state index < -0.39 is 0 Å². The minimum atomic E-state index is -0.0165. The molecule has 3 heteroatoms. The second kappa shape index (κ2) is 7.23. The molecule has 0 saturated carbocycles. The lowest BCUT2D eigenvalue weighted by Crippen LogP contribution is -2.24. The maximum Gasteiger partial charge on any atom is 0.251 e. The molecule has 0 aliphatic rings. The van der Waals surface area contributed by atoms with E-state index in [0.29, 0.717) is 6.54 Å². The zero-order valence-corrected chi connectivity index (χ0v) is 13.8. The number of rotatable bonds is 5. The van der Waals surface area contributed by atoms with Crippen molar-refractivity contribution >= 4 is 5.91 Å². The second-order valence-corrected chi connectivity index (χ2v) is 6.01. The molecule has 0 bridgehead atoms. The van der Waals surface area contributed by atoms with Crippen molar-refractivity contribution in [2.45, 2.75) is 26.9 Å². The molecular weight excluding hydrogens is 272 g/mol. The van der Waals surface area contributed by atoms with Crippen molar-refractivity contribution in [2.75, 3.05) is 14.1 Å². The molecule has 116 valence electrons. The van der Waals surface area contributed by atoms with E-state index in [-0.39, 0.29) is 5.91 Å². The Hall–Kier alpha value is -2.13. The molecule has 0 aromatic heterocycles. The molecule has 0 fully saturated rings. The highest BCUT2D eigenvalue weighted by Gasteiger charge is 2.10. The summed E-state index contributed by atoms with van der Waals surface area (Å²) in [5.74, 6) is -0.0165. The monoisotopic (exact) mass is 296 g/mol. The van der Waals surface area contributed by atoms with Crippen LogP contribution in [0.1, 0.15) is 32.6 Å². The van der Waals surface area contributed by atoms with Crippen molar-refractivity contribution in [3.63, 3.8) is 0 Å². The minimum Gasteiger partial charge on any atom is -0.348 e. The molecule has 1 N–H and O–H groups in total. The van der Waals surface area contributed by atoms with Gasteiger partial charge in [0, 0.05) is 18.7 Å². The van der Waals surface area contributed by atoms with E-state index in [1.807, 2.05) is 58.3 Å². The first-order chi connectivity index (χ1) is 10.5. The molecular formula is C19H24N2O. The van der Waals surface area contributed by atoms with Crippen LogP contribution in [0, 0.1) is 13.8 Å². The number of carbonyl (C=O) groups is 1. The van der Waals surface area contributed by atoms with E-state index in [1.165, 1.54) is 11.1 Å². The Balaban J connectivity index is 2.08. The van der Waals surface area contributed by atoms with Gasteiger partial charge in [-0.3, -0.25) is 4.79 Å². The topological polar surface area (TPSA) is 32.3 Å². The van der Waals surface area contributed by atoms with Gasteiger partial charge in [-0.25, -0.2) is 0 Å². The van der Waals surface area contributed by atoms with E-state index in [9.17, 15) is 4.79 Å². The van der Waals surface area contributed by atoms with Crippen LogP contribution in [0.5, 0.6) is 0 Å². The second-order valence-electron chi connectivity index (χ2n) is 6.01. The van der Waals surface area contributed by atoms with Gasteiger partial charge in [-0.1, -0.05) is 42.0 Å². The van der Waals surface area contributed by atoms with Crippen molar-refractivity contribution in [3.8, 4) is 0 Å². The molecule has 0 unspecified atom stereocenters. The summed E-state index contributed by atoms with van der Waals surface area (Å²) in [5.41, 5.74) is 5.34. The molecule has 0 radical (unpaired) electrons. The van der Waals surface area contributed by atoms with Crippen molar-refractivity contribution in [1.82, 2.24) is 10.2 Å². The molecule has 0 atom stereocenters. The summed E-state index contributed by atoms with van der Waals surface area (Å²) in [6, 6.07) is 14.1. The number of aryl methyl sites for hydroxylation is 2. The van der Waals surface area contributed by atoms with Gasteiger partial charge >= 0.3 is 0 Å². The number of benzene rings is 2. The van der Waals surface area contributed by atoms with Crippen LogP contribution >= 0.6 is 0 Å². The Kier molecular flexibility index (Phi) is 5.34. The molecule has 0 aliphatic carbocycles. The summed E-state index contributed by atoms with van der Waals surface area (Å²) in [5, 5.41) is 3.03. The summed E-state index contributed by atoms with van der Waals surface area (Å²) < 4.78 is 0. The fourth-order valence-electron chi connectivity index (χ4n) is 2.56. The number of carbonyl (C=O) groups excluding carboxylic acids is 1. The summed E-state index contributed by atoms with van der Waals surface area (Å²) in [6.45, 7) is 5.43. The molecule has 22 heavy (non-hydrogen) atoms. The van der Waals surface area contributed by atoms with Crippen LogP contribution in [0.25, 0.3) is 0 Å². The normalized spacial score (nSPS) is 10.8. The predicted molar refractivity (Wildman–Crippen MR) is 90.9 cm³/mol. The van der Waals surface area contributed by atoms with Crippen molar-refractivity contribution in [3.05, 3.63) is 70.3 Å². The van der Waals surface area contributed by atoms with Gasteiger partial charge in [0.15, 0.2) is 0 Å². The molecule has 0 saturated heterocycles. The average molecular weight is 296 g/mol. The number of nitrogens with one attached hydrogen (secondary N) is 1. The highest BCUT2D eigenvalue weighted by molar-refractivity contribution is 5.95. The maximum atomic E-state index is 12.4. The lowest BCUT2D eigenvalue weighted by atomic mass is 10.0. The van der Waals surface area contributed by atoms with E-state index in [1.54, 1.807) is 0 Å². The number of nitrogens with zero attached hydrogens (tertiary/aromatic N) is 1. The average Bonchev–Trinajstić information content (AvgIpc) is 2.45. The van der Waals surface area contributed by atoms with Crippen molar-refractivity contribution < 1.29 is 4.79 Å². The van der Waals surface area contributed by atoms with Gasteiger partial charge in [-0.2, -0.15) is 0 Å². The highest BCUT2D eigenvalue weighted by atomic mass is 16.1. The van der Waals surface area contributed by atoms with Crippen molar-refractivity contribution in [1.29, 1.82) is 0 Å². The summed E-state index contributed by atoms with van der Waals surface area (Å²) in [4.78, 5) is 14.5. The summed E-state index contributed by atoms with van der Waals surface area (Å²) in [6.07, 6.45) is 0. The Morgan fingerprint density at radius 3 is 2.36 bits per heavy atom. The van der Waals surface area contributed by atoms with Gasteiger partial charge in [0.1, 0.15) is 0 Å². The first-order valence-corrected chi connectivity index (χ1v) is 7.54. The zero-order chi connectivity index (χ0) is 16.1. The summed E-state index contributed by atoms with van der Waals surface area (Å²) in [7, 11) is 4.09. The standard InChI is InChI=1S/C19H24N2O/c1-14-9-10-18(15(2)11-14)19(22)20-12-16-7-5-6-8-17(16)13-21(3)4/h5-11H,12-13H2,1-4H3,(H,20,22). The Morgan fingerprint density at radius 2 is 1.73 bits per heavy atom. The van der Waals surface area contributed by atoms with Crippen LogP contribution in [-0.2, 0) is 13.1 Å². The van der Waals surface area contributed by atoms with Crippen molar-refractivity contribution in [2.24, 2.45) is 0 Å². The van der Waals surface area contributed by atoms with E-state index in [2.05, 4.69) is 22.3 Å². The van der Waals surface area contributed by atoms with Gasteiger partial charge < -0.3 is 10.2 Å². The SMILES string of the molecule is Cc1ccc(C(=O)NCc2ccccc2CN(C)C)c(C)c1. The zero-order valence-electron chi connectivity index (χ0n) is 13.8. The third-order valence-electron chi connectivity index (χ3n) is 3.67. The van der Waals surface area contributed by atoms with Crippen LogP contribution in [0.3, 0.4) is 0 Å². The van der Waals surface area contributed by atoms with Crippen LogP contribution in [-0.4, -0.2) is 24.9 Å². The maximum absolute atomic E-state index is 12.4. The lowest BCUT2D eigenvalue weighted by molar-refractivity contribution is 0.0950. The molecule has 2 aromatic rings. The molecule has 0 aliphatic heterocycles. The minimum absolute atomic E-state index is 0.0165. The van der Waals surface area contributed by atoms with Gasteiger partial charge in [-0.05, 0) is 50.7 Å². The highest BCUT2D eigenvalue weighted by Crippen LogP contribution is 2.13. The summed E-state index contributed by atoms with van der Waals surface area (Å²) >= 11 is 0. The van der Waals surface area contributed by atoms with Crippen LogP contribution in [0.15, 0.2) is 42.5 Å². The molecule has 2 aromatic carbocycles. The van der Waals surface area contributed by atoms with E-state index in [4.69, 9.17) is 0 Å². The fourth-order valence-corrected chi connectivity index (χ4v) is 2.56. The third kappa shape index (κ3) is 4.18. The number of hydrogen-bond donors (Lipinski definition) is 1.